The fourth-order valence-electron chi connectivity index (χ4n) is 8.30. The van der Waals surface area contributed by atoms with Gasteiger partial charge in [-0.25, -0.2) is 0 Å². The molecule has 0 aliphatic rings. The number of carbonyl (C=O) groups is 1. The highest BCUT2D eigenvalue weighted by Crippen LogP contribution is 2.38. The Labute approximate surface area is 380 Å². The number of unbranched alkanes of at least 4 members (excludes halogenated alkanes) is 35. The number of hydrogen-bond acceptors (Lipinski definition) is 8. The predicted molar refractivity (Wildman–Crippen MR) is 259 cm³/mol. The lowest BCUT2D eigenvalue weighted by molar-refractivity contribution is -0.228. The van der Waals surface area contributed by atoms with Crippen molar-refractivity contribution in [2.45, 2.75) is 284 Å². The molecule has 0 saturated carbocycles. The van der Waals surface area contributed by atoms with Gasteiger partial charge in [0.25, 0.3) is 7.82 Å². The van der Waals surface area contributed by atoms with Crippen LogP contribution in [0.5, 0.6) is 0 Å². The zero-order chi connectivity index (χ0) is 44.6. The number of nitrogens with one attached hydrogen (secondary N) is 1. The molecule has 9 heteroatoms. The minimum Gasteiger partial charge on any atom is -0.756 e. The predicted octanol–water partition coefficient (Wildman–Crippen LogP) is 15.9. The second-order valence-electron chi connectivity index (χ2n) is 18.5. The molecule has 0 spiro atoms. The highest BCUT2D eigenvalue weighted by atomic mass is 31.2. The average molecular weight is 887 g/mol. The van der Waals surface area contributed by atoms with Crippen LogP contribution < -0.4 is 10.2 Å². The fraction of sp³-hybridized carbons (Fsp3) is 0.981. The third-order valence-corrected chi connectivity index (χ3v) is 13.4. The first kappa shape index (κ1) is 60.5. The molecule has 0 aromatic carbocycles. The van der Waals surface area contributed by atoms with E-state index in [-0.39, 0.29) is 31.7 Å². The van der Waals surface area contributed by atoms with E-state index in [1.807, 2.05) is 0 Å². The summed E-state index contributed by atoms with van der Waals surface area (Å²) >= 11 is 0. The van der Waals surface area contributed by atoms with Crippen molar-refractivity contribution >= 4 is 13.8 Å². The van der Waals surface area contributed by atoms with Crippen LogP contribution in [0.2, 0.25) is 0 Å². The number of phosphoric acid groups is 1. The first-order valence-corrected chi connectivity index (χ1v) is 28.4. The van der Waals surface area contributed by atoms with Crippen LogP contribution in [0, 0.1) is 5.92 Å². The number of esters is 1. The van der Waals surface area contributed by atoms with Gasteiger partial charge in [0.05, 0.1) is 19.1 Å². The summed E-state index contributed by atoms with van der Waals surface area (Å²) in [4.78, 5) is 26.1. The number of rotatable bonds is 52. The maximum Gasteiger partial charge on any atom is 0.309 e. The topological polar surface area (TPSA) is 106 Å². The molecule has 0 radical (unpaired) electrons. The average Bonchev–Trinajstić information content (AvgIpc) is 3.25. The Balaban J connectivity index is 4.88. The van der Waals surface area contributed by atoms with Crippen molar-refractivity contribution in [3.05, 3.63) is 0 Å². The first-order chi connectivity index (χ1) is 29.9. The molecule has 0 aliphatic carbocycles. The Morgan fingerprint density at radius 2 is 0.787 bits per heavy atom. The Bertz CT molecular complexity index is 896. The van der Waals surface area contributed by atoms with Crippen molar-refractivity contribution in [2.75, 3.05) is 40.0 Å². The van der Waals surface area contributed by atoms with Gasteiger partial charge in [0, 0.05) is 13.2 Å². The van der Waals surface area contributed by atoms with E-state index in [0.29, 0.717) is 13.2 Å². The van der Waals surface area contributed by atoms with Crippen molar-refractivity contribution in [3.63, 3.8) is 0 Å². The number of ether oxygens (including phenoxy) is 2. The minimum absolute atomic E-state index is 0.00321. The number of likely N-dealkylation sites (N-methyl/N-ethyl adjacent to an activating group) is 1. The Kier molecular flexibility index (Phi) is 48.5. The van der Waals surface area contributed by atoms with E-state index in [1.54, 1.807) is 7.05 Å². The van der Waals surface area contributed by atoms with Crippen LogP contribution in [0.15, 0.2) is 0 Å². The number of hydrogen-bond donors (Lipinski definition) is 1. The normalized spacial score (nSPS) is 13.3. The van der Waals surface area contributed by atoms with Crippen molar-refractivity contribution in [1.29, 1.82) is 0 Å². The zero-order valence-electron chi connectivity index (χ0n) is 41.3. The third kappa shape index (κ3) is 45.9. The van der Waals surface area contributed by atoms with E-state index in [2.05, 4.69) is 26.1 Å². The van der Waals surface area contributed by atoms with Gasteiger partial charge < -0.3 is 28.7 Å². The second-order valence-corrected chi connectivity index (χ2v) is 19.9. The van der Waals surface area contributed by atoms with Gasteiger partial charge in [-0.05, 0) is 26.3 Å². The SMILES string of the molecule is CCCCCCCCCCCCCCCCO[C@H](COC(=O)C(CCCCCCCCCCCCCC)CCCCCCCCCCCCCC)COP(=O)([O-])OCCNC. The van der Waals surface area contributed by atoms with Crippen molar-refractivity contribution in [1.82, 2.24) is 5.32 Å². The molecule has 0 rings (SSSR count). The summed E-state index contributed by atoms with van der Waals surface area (Å²) in [5, 5.41) is 2.87. The highest BCUT2D eigenvalue weighted by Gasteiger charge is 2.23. The number of carbonyl (C=O) groups excluding carboxylic acids is 1. The molecule has 1 N–H and O–H groups in total. The summed E-state index contributed by atoms with van der Waals surface area (Å²) < 4.78 is 34.7. The van der Waals surface area contributed by atoms with Gasteiger partial charge in [-0.3, -0.25) is 9.36 Å². The van der Waals surface area contributed by atoms with Crippen LogP contribution in [0.3, 0.4) is 0 Å². The smallest absolute Gasteiger partial charge is 0.309 e. The largest absolute Gasteiger partial charge is 0.756 e. The molecule has 8 nitrogen and oxygen atoms in total. The van der Waals surface area contributed by atoms with Gasteiger partial charge in [0.15, 0.2) is 0 Å². The molecule has 0 heterocycles. The van der Waals surface area contributed by atoms with Gasteiger partial charge in [-0.2, -0.15) is 0 Å². The summed E-state index contributed by atoms with van der Waals surface area (Å²) in [6.45, 7) is 7.45. The molecular weight excluding hydrogens is 782 g/mol. The quantitative estimate of drug-likeness (QED) is 0.0366. The molecule has 61 heavy (non-hydrogen) atoms. The molecule has 1 unspecified atom stereocenters. The molecule has 0 aliphatic heterocycles. The molecule has 0 fully saturated rings. The summed E-state index contributed by atoms with van der Waals surface area (Å²) in [6.07, 6.45) is 50.1. The summed E-state index contributed by atoms with van der Waals surface area (Å²) in [5.41, 5.74) is 0. The first-order valence-electron chi connectivity index (χ1n) is 26.9. The van der Waals surface area contributed by atoms with Crippen molar-refractivity contribution in [2.24, 2.45) is 5.92 Å². The van der Waals surface area contributed by atoms with Crippen LogP contribution in [0.1, 0.15) is 278 Å². The van der Waals surface area contributed by atoms with Gasteiger partial charge in [0.1, 0.15) is 12.7 Å². The van der Waals surface area contributed by atoms with E-state index >= 15 is 0 Å². The summed E-state index contributed by atoms with van der Waals surface area (Å²) in [7, 11) is -2.77. The molecule has 2 atom stereocenters. The lowest BCUT2D eigenvalue weighted by atomic mass is 9.94. The van der Waals surface area contributed by atoms with Crippen molar-refractivity contribution in [3.8, 4) is 0 Å². The van der Waals surface area contributed by atoms with E-state index in [4.69, 9.17) is 18.5 Å². The van der Waals surface area contributed by atoms with Crippen LogP contribution in [-0.4, -0.2) is 52.1 Å². The summed E-state index contributed by atoms with van der Waals surface area (Å²) in [6, 6.07) is 0. The summed E-state index contributed by atoms with van der Waals surface area (Å²) in [5.74, 6) is -0.305. The monoisotopic (exact) mass is 887 g/mol. The number of phosphoric ester groups is 1. The van der Waals surface area contributed by atoms with Gasteiger partial charge >= 0.3 is 5.97 Å². The standard InChI is InChI=1S/C52H106NO7P/c1-5-8-11-14-17-20-23-26-27-30-33-36-39-42-46-57-51(49-60-61(55,56)59-47-45-53-4)48-58-52(54)50(43-40-37-34-31-28-24-21-18-15-12-9-6-2)44-41-38-35-32-29-25-22-19-16-13-10-7-3/h50-51,53H,5-49H2,1-4H3,(H,55,56)/p-1/t51-/m1/s1. The van der Waals surface area contributed by atoms with Crippen LogP contribution in [-0.2, 0) is 27.9 Å². The Morgan fingerprint density at radius 1 is 0.459 bits per heavy atom. The molecule has 0 saturated heterocycles. The van der Waals surface area contributed by atoms with Crippen molar-refractivity contribution < 1.29 is 32.8 Å². The highest BCUT2D eigenvalue weighted by molar-refractivity contribution is 7.45. The Hall–Kier alpha value is -0.500. The van der Waals surface area contributed by atoms with Gasteiger partial charge in [0.2, 0.25) is 0 Å². The fourth-order valence-corrected chi connectivity index (χ4v) is 9.04. The minimum atomic E-state index is -4.50. The van der Waals surface area contributed by atoms with Crippen LogP contribution in [0.4, 0.5) is 0 Å². The van der Waals surface area contributed by atoms with E-state index in [9.17, 15) is 14.3 Å². The van der Waals surface area contributed by atoms with E-state index in [0.717, 1.165) is 51.4 Å². The molecule has 366 valence electrons. The maximum atomic E-state index is 13.6. The molecule has 0 amide bonds. The Morgan fingerprint density at radius 3 is 1.13 bits per heavy atom. The maximum absolute atomic E-state index is 13.6. The van der Waals surface area contributed by atoms with Crippen LogP contribution >= 0.6 is 7.82 Å². The molecular formula is C52H105NO7P-. The molecule has 0 aromatic rings. The second kappa shape index (κ2) is 48.9. The van der Waals surface area contributed by atoms with E-state index in [1.165, 1.54) is 205 Å². The lowest BCUT2D eigenvalue weighted by Gasteiger charge is -2.26. The van der Waals surface area contributed by atoms with E-state index < -0.39 is 13.9 Å². The lowest BCUT2D eigenvalue weighted by Crippen LogP contribution is -2.30. The van der Waals surface area contributed by atoms with Gasteiger partial charge in [-0.1, -0.05) is 258 Å². The molecule has 0 aromatic heterocycles. The zero-order valence-corrected chi connectivity index (χ0v) is 42.2. The van der Waals surface area contributed by atoms with Gasteiger partial charge in [-0.15, -0.1) is 0 Å². The molecule has 0 bridgehead atoms. The third-order valence-electron chi connectivity index (χ3n) is 12.4. The van der Waals surface area contributed by atoms with Crippen LogP contribution in [0.25, 0.3) is 0 Å².